The van der Waals surface area contributed by atoms with Gasteiger partial charge >= 0.3 is 0 Å². The van der Waals surface area contributed by atoms with Crippen LogP contribution in [0.5, 0.6) is 0 Å². The van der Waals surface area contributed by atoms with Gasteiger partial charge in [0.25, 0.3) is 0 Å². The van der Waals surface area contributed by atoms with Crippen LogP contribution >= 0.6 is 15.9 Å². The summed E-state index contributed by atoms with van der Waals surface area (Å²) in [7, 11) is 1.92. The maximum absolute atomic E-state index is 4.32. The summed E-state index contributed by atoms with van der Waals surface area (Å²) in [6.45, 7) is 0. The maximum Gasteiger partial charge on any atom is 0.0801 e. The summed E-state index contributed by atoms with van der Waals surface area (Å²) in [5, 5.41) is 3.24. The van der Waals surface area contributed by atoms with Gasteiger partial charge in [0.15, 0.2) is 0 Å². The molecule has 1 N–H and O–H groups in total. The van der Waals surface area contributed by atoms with Crippen LogP contribution in [0.15, 0.2) is 47.3 Å². The van der Waals surface area contributed by atoms with Crippen molar-refractivity contribution in [1.82, 2.24) is 15.3 Å². The lowest BCUT2D eigenvalue weighted by Gasteiger charge is -2.15. The van der Waals surface area contributed by atoms with Gasteiger partial charge in [-0.05, 0) is 24.7 Å². The van der Waals surface area contributed by atoms with Crippen LogP contribution in [0, 0.1) is 0 Å². The van der Waals surface area contributed by atoms with Gasteiger partial charge in [0.05, 0.1) is 17.9 Å². The summed E-state index contributed by atoms with van der Waals surface area (Å²) in [6, 6.07) is 8.25. The summed E-state index contributed by atoms with van der Waals surface area (Å²) in [6.07, 6.45) is 5.16. The van der Waals surface area contributed by atoms with Gasteiger partial charge in [-0.15, -0.1) is 0 Å². The van der Waals surface area contributed by atoms with Crippen molar-refractivity contribution >= 4 is 15.9 Å². The third-order valence-corrected chi connectivity index (χ3v) is 2.84. The number of hydrogen-bond donors (Lipinski definition) is 1. The van der Waals surface area contributed by atoms with Crippen LogP contribution in [-0.2, 0) is 0 Å². The second kappa shape index (κ2) is 5.18. The highest BCUT2D eigenvalue weighted by Gasteiger charge is 2.13. The summed E-state index contributed by atoms with van der Waals surface area (Å²) in [5.74, 6) is 0. The van der Waals surface area contributed by atoms with Crippen molar-refractivity contribution < 1.29 is 0 Å². The number of hydrogen-bond acceptors (Lipinski definition) is 3. The van der Waals surface area contributed by atoms with E-state index in [0.717, 1.165) is 15.7 Å². The molecule has 0 amide bonds. The highest BCUT2D eigenvalue weighted by Crippen LogP contribution is 2.22. The largest absolute Gasteiger partial charge is 0.308 e. The molecule has 16 heavy (non-hydrogen) atoms. The Kier molecular flexibility index (Phi) is 3.64. The number of halogens is 1. The smallest absolute Gasteiger partial charge is 0.0801 e. The Hall–Kier alpha value is -1.26. The van der Waals surface area contributed by atoms with Gasteiger partial charge in [0.2, 0.25) is 0 Å². The van der Waals surface area contributed by atoms with Gasteiger partial charge in [-0.1, -0.05) is 28.1 Å². The predicted molar refractivity (Wildman–Crippen MR) is 67.1 cm³/mol. The third kappa shape index (κ3) is 2.46. The molecule has 0 aliphatic heterocycles. The molecule has 2 aromatic rings. The van der Waals surface area contributed by atoms with E-state index in [-0.39, 0.29) is 6.04 Å². The average Bonchev–Trinajstić information content (AvgIpc) is 2.31. The fraction of sp³-hybridized carbons (Fsp3) is 0.167. The van der Waals surface area contributed by atoms with Gasteiger partial charge in [-0.25, -0.2) is 0 Å². The number of aromatic nitrogens is 2. The van der Waals surface area contributed by atoms with Crippen molar-refractivity contribution in [3.8, 4) is 0 Å². The van der Waals surface area contributed by atoms with E-state index in [1.54, 1.807) is 18.6 Å². The molecule has 0 aliphatic rings. The van der Waals surface area contributed by atoms with Crippen LogP contribution in [-0.4, -0.2) is 17.0 Å². The molecule has 1 aromatic carbocycles. The zero-order valence-corrected chi connectivity index (χ0v) is 10.5. The minimum Gasteiger partial charge on any atom is -0.308 e. The standard InChI is InChI=1S/C12H12BrN3/c1-14-12(11-8-15-5-6-16-11)9-3-2-4-10(13)7-9/h2-8,12,14H,1H3. The molecule has 0 saturated carbocycles. The normalized spacial score (nSPS) is 12.4. The summed E-state index contributed by atoms with van der Waals surface area (Å²) < 4.78 is 1.06. The van der Waals surface area contributed by atoms with Crippen molar-refractivity contribution in [3.05, 3.63) is 58.6 Å². The quantitative estimate of drug-likeness (QED) is 0.937. The predicted octanol–water partition coefficient (Wildman–Crippen LogP) is 2.55. The molecule has 0 bridgehead atoms. The molecule has 1 unspecified atom stereocenters. The first-order valence-corrected chi connectivity index (χ1v) is 5.79. The highest BCUT2D eigenvalue weighted by atomic mass is 79.9. The number of nitrogens with one attached hydrogen (secondary N) is 1. The fourth-order valence-electron chi connectivity index (χ4n) is 1.63. The third-order valence-electron chi connectivity index (χ3n) is 2.35. The Labute approximate surface area is 103 Å². The van der Waals surface area contributed by atoms with Crippen LogP contribution in [0.25, 0.3) is 0 Å². The SMILES string of the molecule is CNC(c1cccc(Br)c1)c1cnccn1. The lowest BCUT2D eigenvalue weighted by atomic mass is 10.0. The highest BCUT2D eigenvalue weighted by molar-refractivity contribution is 9.10. The molecule has 0 aliphatic carbocycles. The summed E-state index contributed by atoms with van der Waals surface area (Å²) >= 11 is 3.47. The van der Waals surface area contributed by atoms with Crippen molar-refractivity contribution in [3.63, 3.8) is 0 Å². The zero-order chi connectivity index (χ0) is 11.4. The molecule has 0 spiro atoms. The van der Waals surface area contributed by atoms with E-state index in [0.29, 0.717) is 0 Å². The van der Waals surface area contributed by atoms with Crippen molar-refractivity contribution in [2.75, 3.05) is 7.05 Å². The molecule has 0 radical (unpaired) electrons. The maximum atomic E-state index is 4.32. The van der Waals surface area contributed by atoms with Gasteiger partial charge in [0, 0.05) is 16.9 Å². The molecular weight excluding hydrogens is 266 g/mol. The monoisotopic (exact) mass is 277 g/mol. The lowest BCUT2D eigenvalue weighted by molar-refractivity contribution is 0.666. The van der Waals surface area contributed by atoms with E-state index in [2.05, 4.69) is 43.3 Å². The van der Waals surface area contributed by atoms with E-state index < -0.39 is 0 Å². The minimum absolute atomic E-state index is 0.0752. The second-order valence-corrected chi connectivity index (χ2v) is 4.32. The Morgan fingerprint density at radius 1 is 1.31 bits per heavy atom. The van der Waals surface area contributed by atoms with Crippen LogP contribution in [0.1, 0.15) is 17.3 Å². The van der Waals surface area contributed by atoms with Crippen molar-refractivity contribution in [2.45, 2.75) is 6.04 Å². The van der Waals surface area contributed by atoms with Gasteiger partial charge in [0.1, 0.15) is 0 Å². The Morgan fingerprint density at radius 3 is 2.81 bits per heavy atom. The minimum atomic E-state index is 0.0752. The Balaban J connectivity index is 2.37. The number of benzene rings is 1. The molecule has 4 heteroatoms. The lowest BCUT2D eigenvalue weighted by Crippen LogP contribution is -2.18. The Morgan fingerprint density at radius 2 is 2.19 bits per heavy atom. The molecule has 1 heterocycles. The van der Waals surface area contributed by atoms with E-state index in [1.807, 2.05) is 19.2 Å². The van der Waals surface area contributed by atoms with E-state index in [4.69, 9.17) is 0 Å². The van der Waals surface area contributed by atoms with Crippen LogP contribution in [0.3, 0.4) is 0 Å². The molecule has 82 valence electrons. The first-order chi connectivity index (χ1) is 7.81. The molecule has 0 fully saturated rings. The first-order valence-electron chi connectivity index (χ1n) is 5.00. The molecule has 1 atom stereocenters. The molecular formula is C12H12BrN3. The number of nitrogens with zero attached hydrogens (tertiary/aromatic N) is 2. The van der Waals surface area contributed by atoms with Crippen LogP contribution in [0.2, 0.25) is 0 Å². The molecule has 0 saturated heterocycles. The van der Waals surface area contributed by atoms with Gasteiger partial charge in [-0.3, -0.25) is 9.97 Å². The number of rotatable bonds is 3. The zero-order valence-electron chi connectivity index (χ0n) is 8.89. The van der Waals surface area contributed by atoms with E-state index in [1.165, 1.54) is 0 Å². The topological polar surface area (TPSA) is 37.8 Å². The van der Waals surface area contributed by atoms with Crippen LogP contribution in [0.4, 0.5) is 0 Å². The van der Waals surface area contributed by atoms with Gasteiger partial charge in [-0.2, -0.15) is 0 Å². The van der Waals surface area contributed by atoms with Crippen LogP contribution < -0.4 is 5.32 Å². The van der Waals surface area contributed by atoms with E-state index >= 15 is 0 Å². The van der Waals surface area contributed by atoms with Gasteiger partial charge < -0.3 is 5.32 Å². The molecule has 1 aromatic heterocycles. The summed E-state index contributed by atoms with van der Waals surface area (Å²) in [4.78, 5) is 8.40. The van der Waals surface area contributed by atoms with Crippen molar-refractivity contribution in [1.29, 1.82) is 0 Å². The molecule has 2 rings (SSSR count). The Bertz CT molecular complexity index is 459. The first kappa shape index (κ1) is 11.2. The summed E-state index contributed by atoms with van der Waals surface area (Å²) in [5.41, 5.74) is 2.08. The molecule has 3 nitrogen and oxygen atoms in total. The van der Waals surface area contributed by atoms with Crippen molar-refractivity contribution in [2.24, 2.45) is 0 Å². The average molecular weight is 278 g/mol. The van der Waals surface area contributed by atoms with E-state index in [9.17, 15) is 0 Å². The second-order valence-electron chi connectivity index (χ2n) is 3.41. The fourth-order valence-corrected chi connectivity index (χ4v) is 2.05.